The molecule has 0 atom stereocenters. The summed E-state index contributed by atoms with van der Waals surface area (Å²) in [5, 5.41) is 0. The molecule has 3 nitrogen and oxygen atoms in total. The number of hydrogen-bond donors (Lipinski definition) is 2. The number of benzene rings is 2. The fourth-order valence-corrected chi connectivity index (χ4v) is 2.52. The second-order valence-corrected chi connectivity index (χ2v) is 5.04. The summed E-state index contributed by atoms with van der Waals surface area (Å²) in [7, 11) is 0. The SMILES string of the molecule is CCc1ccc2nc(Cc3ccccc3CN)[nH]c2c1. The van der Waals surface area contributed by atoms with E-state index in [-0.39, 0.29) is 0 Å². The van der Waals surface area contributed by atoms with Crippen LogP contribution in [0, 0.1) is 0 Å². The van der Waals surface area contributed by atoms with Gasteiger partial charge in [-0.1, -0.05) is 37.3 Å². The Morgan fingerprint density at radius 2 is 1.90 bits per heavy atom. The van der Waals surface area contributed by atoms with Crippen molar-refractivity contribution in [2.75, 3.05) is 0 Å². The number of fused-ring (bicyclic) bond motifs is 1. The summed E-state index contributed by atoms with van der Waals surface area (Å²) < 4.78 is 0. The lowest BCUT2D eigenvalue weighted by Gasteiger charge is -2.05. The molecule has 0 aliphatic heterocycles. The lowest BCUT2D eigenvalue weighted by Crippen LogP contribution is -2.02. The third-order valence-electron chi connectivity index (χ3n) is 3.70. The molecule has 0 unspecified atom stereocenters. The first-order valence-electron chi connectivity index (χ1n) is 7.04. The summed E-state index contributed by atoms with van der Waals surface area (Å²) in [6, 6.07) is 14.7. The fraction of sp³-hybridized carbons (Fsp3) is 0.235. The normalized spacial score (nSPS) is 11.1. The molecule has 3 aromatic rings. The van der Waals surface area contributed by atoms with Crippen LogP contribution in [0.2, 0.25) is 0 Å². The van der Waals surface area contributed by atoms with Gasteiger partial charge in [-0.05, 0) is 35.2 Å². The van der Waals surface area contributed by atoms with Crippen molar-refractivity contribution in [3.05, 3.63) is 65.0 Å². The number of hydrogen-bond acceptors (Lipinski definition) is 2. The third-order valence-corrected chi connectivity index (χ3v) is 3.70. The Bertz CT molecular complexity index is 728. The molecule has 2 aromatic carbocycles. The van der Waals surface area contributed by atoms with Gasteiger partial charge in [0, 0.05) is 13.0 Å². The van der Waals surface area contributed by atoms with Gasteiger partial charge in [0.15, 0.2) is 0 Å². The smallest absolute Gasteiger partial charge is 0.111 e. The summed E-state index contributed by atoms with van der Waals surface area (Å²) in [5.74, 6) is 0.995. The monoisotopic (exact) mass is 265 g/mol. The second-order valence-electron chi connectivity index (χ2n) is 5.04. The Labute approximate surface area is 118 Å². The molecule has 3 N–H and O–H groups in total. The molecule has 20 heavy (non-hydrogen) atoms. The highest BCUT2D eigenvalue weighted by atomic mass is 14.9. The van der Waals surface area contributed by atoms with Gasteiger partial charge in [0.2, 0.25) is 0 Å². The molecule has 0 aliphatic rings. The molecular weight excluding hydrogens is 246 g/mol. The maximum Gasteiger partial charge on any atom is 0.111 e. The highest BCUT2D eigenvalue weighted by Gasteiger charge is 2.06. The van der Waals surface area contributed by atoms with E-state index in [0.717, 1.165) is 29.7 Å². The van der Waals surface area contributed by atoms with E-state index in [1.807, 2.05) is 12.1 Å². The first-order valence-corrected chi connectivity index (χ1v) is 7.04. The number of aromatic nitrogens is 2. The van der Waals surface area contributed by atoms with Crippen LogP contribution in [-0.4, -0.2) is 9.97 Å². The molecule has 0 aliphatic carbocycles. The van der Waals surface area contributed by atoms with Gasteiger partial charge in [-0.25, -0.2) is 4.98 Å². The van der Waals surface area contributed by atoms with Crippen molar-refractivity contribution in [2.45, 2.75) is 26.3 Å². The van der Waals surface area contributed by atoms with Crippen molar-refractivity contribution in [1.82, 2.24) is 9.97 Å². The van der Waals surface area contributed by atoms with E-state index in [4.69, 9.17) is 5.73 Å². The summed E-state index contributed by atoms with van der Waals surface area (Å²) in [6.45, 7) is 2.73. The van der Waals surface area contributed by atoms with Gasteiger partial charge in [0.1, 0.15) is 5.82 Å². The van der Waals surface area contributed by atoms with Crippen molar-refractivity contribution in [1.29, 1.82) is 0 Å². The van der Waals surface area contributed by atoms with Crippen molar-refractivity contribution in [2.24, 2.45) is 5.73 Å². The van der Waals surface area contributed by atoms with Crippen molar-refractivity contribution in [3.8, 4) is 0 Å². The van der Waals surface area contributed by atoms with Gasteiger partial charge in [0.25, 0.3) is 0 Å². The number of nitrogens with two attached hydrogens (primary N) is 1. The van der Waals surface area contributed by atoms with Crippen molar-refractivity contribution >= 4 is 11.0 Å². The van der Waals surface area contributed by atoms with Gasteiger partial charge in [-0.15, -0.1) is 0 Å². The topological polar surface area (TPSA) is 54.7 Å². The minimum Gasteiger partial charge on any atom is -0.342 e. The first-order chi connectivity index (χ1) is 9.80. The molecule has 0 radical (unpaired) electrons. The predicted molar refractivity (Wildman–Crippen MR) is 82.6 cm³/mol. The van der Waals surface area contributed by atoms with E-state index in [0.29, 0.717) is 6.54 Å². The number of aryl methyl sites for hydroxylation is 1. The van der Waals surface area contributed by atoms with E-state index in [9.17, 15) is 0 Å². The minimum absolute atomic E-state index is 0.566. The Hall–Kier alpha value is -2.13. The average Bonchev–Trinajstić information content (AvgIpc) is 2.89. The van der Waals surface area contributed by atoms with Crippen LogP contribution in [0.1, 0.15) is 29.4 Å². The lowest BCUT2D eigenvalue weighted by molar-refractivity contribution is 0.977. The Balaban J connectivity index is 1.94. The fourth-order valence-electron chi connectivity index (χ4n) is 2.52. The van der Waals surface area contributed by atoms with E-state index in [2.05, 4.69) is 47.2 Å². The summed E-state index contributed by atoms with van der Waals surface area (Å²) in [4.78, 5) is 8.08. The zero-order valence-electron chi connectivity index (χ0n) is 11.7. The molecule has 1 aromatic heterocycles. The largest absolute Gasteiger partial charge is 0.342 e. The van der Waals surface area contributed by atoms with Crippen LogP contribution >= 0.6 is 0 Å². The predicted octanol–water partition coefficient (Wildman–Crippen LogP) is 3.17. The molecule has 1 heterocycles. The number of rotatable bonds is 4. The first kappa shape index (κ1) is 12.9. The quantitative estimate of drug-likeness (QED) is 0.761. The molecule has 0 spiro atoms. The number of aromatic amines is 1. The molecule has 0 amide bonds. The number of nitrogens with one attached hydrogen (secondary N) is 1. The van der Waals surface area contributed by atoms with E-state index < -0.39 is 0 Å². The summed E-state index contributed by atoms with van der Waals surface area (Å²) in [5.41, 5.74) is 11.7. The Kier molecular flexibility index (Phi) is 3.52. The maximum absolute atomic E-state index is 5.79. The van der Waals surface area contributed by atoms with E-state index in [1.54, 1.807) is 0 Å². The number of H-pyrrole nitrogens is 1. The highest BCUT2D eigenvalue weighted by molar-refractivity contribution is 5.76. The van der Waals surface area contributed by atoms with Gasteiger partial charge >= 0.3 is 0 Å². The van der Waals surface area contributed by atoms with E-state index in [1.165, 1.54) is 16.7 Å². The van der Waals surface area contributed by atoms with E-state index >= 15 is 0 Å². The Morgan fingerprint density at radius 1 is 1.10 bits per heavy atom. The van der Waals surface area contributed by atoms with Crippen molar-refractivity contribution in [3.63, 3.8) is 0 Å². The minimum atomic E-state index is 0.566. The van der Waals surface area contributed by atoms with Crippen LogP contribution in [0.3, 0.4) is 0 Å². The van der Waals surface area contributed by atoms with Crippen molar-refractivity contribution < 1.29 is 0 Å². The zero-order valence-corrected chi connectivity index (χ0v) is 11.7. The van der Waals surface area contributed by atoms with Crippen LogP contribution < -0.4 is 5.73 Å². The molecule has 0 saturated heterocycles. The molecular formula is C17H19N3. The van der Waals surface area contributed by atoms with Gasteiger partial charge in [-0.3, -0.25) is 0 Å². The molecule has 0 fully saturated rings. The third kappa shape index (κ3) is 2.45. The van der Waals surface area contributed by atoms with Crippen LogP contribution in [0.15, 0.2) is 42.5 Å². The average molecular weight is 265 g/mol. The molecule has 3 heteroatoms. The van der Waals surface area contributed by atoms with Crippen LogP contribution in [-0.2, 0) is 19.4 Å². The highest BCUT2D eigenvalue weighted by Crippen LogP contribution is 2.17. The van der Waals surface area contributed by atoms with Crippen LogP contribution in [0.25, 0.3) is 11.0 Å². The molecule has 0 saturated carbocycles. The maximum atomic E-state index is 5.79. The van der Waals surface area contributed by atoms with Gasteiger partial charge < -0.3 is 10.7 Å². The number of imidazole rings is 1. The molecule has 102 valence electrons. The molecule has 3 rings (SSSR count). The standard InChI is InChI=1S/C17H19N3/c1-2-12-7-8-15-16(9-12)20-17(19-15)10-13-5-3-4-6-14(13)11-18/h3-9H,2,10-11,18H2,1H3,(H,19,20). The summed E-state index contributed by atoms with van der Waals surface area (Å²) in [6.07, 6.45) is 1.84. The van der Waals surface area contributed by atoms with Crippen LogP contribution in [0.4, 0.5) is 0 Å². The molecule has 0 bridgehead atoms. The number of nitrogens with zero attached hydrogens (tertiary/aromatic N) is 1. The second kappa shape index (κ2) is 5.47. The lowest BCUT2D eigenvalue weighted by atomic mass is 10.0. The van der Waals surface area contributed by atoms with Gasteiger partial charge in [-0.2, -0.15) is 0 Å². The zero-order chi connectivity index (χ0) is 13.9. The Morgan fingerprint density at radius 3 is 2.65 bits per heavy atom. The van der Waals surface area contributed by atoms with Gasteiger partial charge in [0.05, 0.1) is 11.0 Å². The summed E-state index contributed by atoms with van der Waals surface area (Å²) >= 11 is 0. The van der Waals surface area contributed by atoms with Crippen LogP contribution in [0.5, 0.6) is 0 Å².